The highest BCUT2D eigenvalue weighted by atomic mass is 35.5. The number of fused-ring (bicyclic) bond motifs is 1. The van der Waals surface area contributed by atoms with Gasteiger partial charge in [0.25, 0.3) is 5.91 Å². The molecule has 0 radical (unpaired) electrons. The van der Waals surface area contributed by atoms with Crippen molar-refractivity contribution >= 4 is 63.2 Å². The first-order valence-corrected chi connectivity index (χ1v) is 11.0. The lowest BCUT2D eigenvalue weighted by Gasteiger charge is -2.14. The summed E-state index contributed by atoms with van der Waals surface area (Å²) < 4.78 is 1.26. The Morgan fingerprint density at radius 1 is 0.824 bits per heavy atom. The first-order valence-electron chi connectivity index (χ1n) is 10.3. The van der Waals surface area contributed by atoms with E-state index in [1.807, 2.05) is 13.0 Å². The topological polar surface area (TPSA) is 92.2 Å². The van der Waals surface area contributed by atoms with E-state index in [0.29, 0.717) is 37.9 Å². The molecule has 0 saturated heterocycles. The van der Waals surface area contributed by atoms with E-state index in [2.05, 4.69) is 16.1 Å². The summed E-state index contributed by atoms with van der Waals surface area (Å²) in [6.07, 6.45) is 0. The minimum absolute atomic E-state index is 0.105. The van der Waals surface area contributed by atoms with Crippen molar-refractivity contribution in [2.45, 2.75) is 13.8 Å². The van der Waals surface area contributed by atoms with Gasteiger partial charge in [0, 0.05) is 26.8 Å². The molecule has 0 spiro atoms. The number of halogens is 2. The lowest BCUT2D eigenvalue weighted by atomic mass is 10.2. The van der Waals surface area contributed by atoms with Gasteiger partial charge < -0.3 is 10.6 Å². The normalized spacial score (nSPS) is 10.7. The summed E-state index contributed by atoms with van der Waals surface area (Å²) in [7, 11) is 0. The van der Waals surface area contributed by atoms with Gasteiger partial charge in [0.05, 0.1) is 5.52 Å². The number of carbonyl (C=O) groups excluding carboxylic acids is 3. The molecule has 0 aliphatic rings. The summed E-state index contributed by atoms with van der Waals surface area (Å²) in [6.45, 7) is 3.66. The minimum Gasteiger partial charge on any atom is -0.320 e. The van der Waals surface area contributed by atoms with Crippen LogP contribution in [0.25, 0.3) is 10.9 Å². The van der Waals surface area contributed by atoms with Crippen molar-refractivity contribution in [1.82, 2.24) is 4.68 Å². The maximum absolute atomic E-state index is 13.2. The van der Waals surface area contributed by atoms with Gasteiger partial charge in [0.1, 0.15) is 5.69 Å². The van der Waals surface area contributed by atoms with Crippen LogP contribution in [-0.4, -0.2) is 22.4 Å². The monoisotopic (exact) mass is 494 g/mol. The van der Waals surface area contributed by atoms with Crippen LogP contribution in [-0.2, 0) is 9.59 Å². The number of rotatable bonds is 4. The van der Waals surface area contributed by atoms with Crippen LogP contribution in [0.4, 0.5) is 11.4 Å². The molecule has 3 amide bonds. The number of aromatic nitrogens is 1. The molecule has 1 heterocycles. The summed E-state index contributed by atoms with van der Waals surface area (Å²) in [5.41, 5.74) is 5.76. The van der Waals surface area contributed by atoms with E-state index in [1.165, 1.54) is 4.68 Å². The predicted molar refractivity (Wildman–Crippen MR) is 135 cm³/mol. The fourth-order valence-corrected chi connectivity index (χ4v) is 3.82. The highest BCUT2D eigenvalue weighted by molar-refractivity contribution is 6.42. The molecular formula is C25H20Cl2N4O3. The molecule has 0 aliphatic heterocycles. The number of aryl methyl sites for hydroxylation is 1. The number of carbonyl (C=O) groups is 3. The molecule has 7 nitrogen and oxygen atoms in total. The second-order valence-electron chi connectivity index (χ2n) is 7.70. The van der Waals surface area contributed by atoms with Gasteiger partial charge >= 0.3 is 11.8 Å². The molecule has 0 bridgehead atoms. The third-order valence-corrected chi connectivity index (χ3v) is 5.85. The summed E-state index contributed by atoms with van der Waals surface area (Å²) in [5.74, 6) is -2.32. The number of hydrogen-bond donors (Lipinski definition) is 3. The van der Waals surface area contributed by atoms with E-state index < -0.39 is 17.7 Å². The van der Waals surface area contributed by atoms with Gasteiger partial charge in [-0.3, -0.25) is 19.8 Å². The highest BCUT2D eigenvalue weighted by Gasteiger charge is 2.22. The van der Waals surface area contributed by atoms with Crippen LogP contribution in [0.15, 0.2) is 66.7 Å². The van der Waals surface area contributed by atoms with Gasteiger partial charge in [-0.05, 0) is 73.5 Å². The lowest BCUT2D eigenvalue weighted by Crippen LogP contribution is -2.36. The molecule has 172 valence electrons. The molecule has 3 N–H and O–H groups in total. The second-order valence-corrected chi connectivity index (χ2v) is 8.54. The number of anilines is 2. The zero-order valence-corrected chi connectivity index (χ0v) is 19.8. The summed E-state index contributed by atoms with van der Waals surface area (Å²) in [6, 6.07) is 18.7. The van der Waals surface area contributed by atoms with Crippen molar-refractivity contribution in [3.8, 4) is 0 Å². The third-order valence-electron chi connectivity index (χ3n) is 5.21. The Morgan fingerprint density at radius 2 is 1.59 bits per heavy atom. The zero-order chi connectivity index (χ0) is 24.4. The van der Waals surface area contributed by atoms with Crippen molar-refractivity contribution in [3.63, 3.8) is 0 Å². The van der Waals surface area contributed by atoms with Crippen LogP contribution in [0.5, 0.6) is 0 Å². The van der Waals surface area contributed by atoms with E-state index in [9.17, 15) is 14.4 Å². The Morgan fingerprint density at radius 3 is 2.35 bits per heavy atom. The Bertz CT molecular complexity index is 1450. The van der Waals surface area contributed by atoms with Gasteiger partial charge in [0.2, 0.25) is 0 Å². The van der Waals surface area contributed by atoms with Crippen molar-refractivity contribution in [2.75, 3.05) is 16.1 Å². The van der Waals surface area contributed by atoms with Gasteiger partial charge in [-0.1, -0.05) is 41.4 Å². The quantitative estimate of drug-likeness (QED) is 0.326. The SMILES string of the molecule is Cc1cccc(NC(=O)C(=O)Nn2c(C(=O)Nc3cccc(Cl)c3C)cc3cc(Cl)ccc32)c1. The largest absolute Gasteiger partial charge is 0.328 e. The standard InChI is InChI=1S/C25H20Cl2N4O3/c1-14-5-3-6-18(11-14)28-24(33)25(34)30-31-21-10-9-17(26)12-16(21)13-22(31)23(32)29-20-8-4-7-19(27)15(20)2/h3-13H,1-2H3,(H,28,33)(H,29,32)(H,30,34). The van der Waals surface area contributed by atoms with E-state index in [0.717, 1.165) is 5.56 Å². The van der Waals surface area contributed by atoms with Crippen LogP contribution in [0.2, 0.25) is 10.0 Å². The van der Waals surface area contributed by atoms with E-state index >= 15 is 0 Å². The average molecular weight is 495 g/mol. The molecular weight excluding hydrogens is 475 g/mol. The van der Waals surface area contributed by atoms with Crippen molar-refractivity contribution in [1.29, 1.82) is 0 Å². The Labute approximate surface area is 205 Å². The molecule has 34 heavy (non-hydrogen) atoms. The van der Waals surface area contributed by atoms with Crippen molar-refractivity contribution < 1.29 is 14.4 Å². The van der Waals surface area contributed by atoms with E-state index in [1.54, 1.807) is 67.6 Å². The number of nitrogens with zero attached hydrogens (tertiary/aromatic N) is 1. The third kappa shape index (κ3) is 4.90. The molecule has 3 aromatic carbocycles. The summed E-state index contributed by atoms with van der Waals surface area (Å²) >= 11 is 12.3. The number of nitrogens with one attached hydrogen (secondary N) is 3. The van der Waals surface area contributed by atoms with Gasteiger partial charge in [0.15, 0.2) is 0 Å². The fourth-order valence-electron chi connectivity index (χ4n) is 3.47. The molecule has 0 atom stereocenters. The minimum atomic E-state index is -0.943. The highest BCUT2D eigenvalue weighted by Crippen LogP contribution is 2.26. The smallest absolute Gasteiger partial charge is 0.320 e. The van der Waals surface area contributed by atoms with Gasteiger partial charge in [-0.25, -0.2) is 4.68 Å². The van der Waals surface area contributed by atoms with Crippen LogP contribution in [0, 0.1) is 13.8 Å². The summed E-state index contributed by atoms with van der Waals surface area (Å²) in [5, 5.41) is 6.94. The molecule has 9 heteroatoms. The van der Waals surface area contributed by atoms with E-state index in [4.69, 9.17) is 23.2 Å². The molecule has 0 fully saturated rings. The molecule has 0 saturated carbocycles. The zero-order valence-electron chi connectivity index (χ0n) is 18.3. The van der Waals surface area contributed by atoms with Crippen molar-refractivity contribution in [3.05, 3.63) is 93.6 Å². The Balaban J connectivity index is 1.65. The fraction of sp³-hybridized carbons (Fsp3) is 0.0800. The molecule has 1 aromatic heterocycles. The predicted octanol–water partition coefficient (Wildman–Crippen LogP) is 5.53. The lowest BCUT2D eigenvalue weighted by molar-refractivity contribution is -0.133. The summed E-state index contributed by atoms with van der Waals surface area (Å²) in [4.78, 5) is 38.4. The number of amides is 3. The van der Waals surface area contributed by atoms with Crippen molar-refractivity contribution in [2.24, 2.45) is 0 Å². The maximum Gasteiger partial charge on any atom is 0.328 e. The molecule has 4 rings (SSSR count). The Kier molecular flexibility index (Phi) is 6.58. The first-order chi connectivity index (χ1) is 16.2. The molecule has 0 unspecified atom stereocenters. The molecule has 4 aromatic rings. The second kappa shape index (κ2) is 9.59. The molecule has 0 aliphatic carbocycles. The number of hydrogen-bond acceptors (Lipinski definition) is 3. The first kappa shape index (κ1) is 23.4. The van der Waals surface area contributed by atoms with Crippen LogP contribution < -0.4 is 16.1 Å². The van der Waals surface area contributed by atoms with Gasteiger partial charge in [-0.2, -0.15) is 0 Å². The average Bonchev–Trinajstić information content (AvgIpc) is 3.14. The Hall–Kier alpha value is -3.81. The van der Waals surface area contributed by atoms with Crippen LogP contribution >= 0.6 is 23.2 Å². The maximum atomic E-state index is 13.2. The van der Waals surface area contributed by atoms with E-state index in [-0.39, 0.29) is 5.69 Å². The number of benzene rings is 3. The van der Waals surface area contributed by atoms with Crippen LogP contribution in [0.3, 0.4) is 0 Å². The van der Waals surface area contributed by atoms with Crippen LogP contribution in [0.1, 0.15) is 21.6 Å². The van der Waals surface area contributed by atoms with Gasteiger partial charge in [-0.15, -0.1) is 0 Å².